The van der Waals surface area contributed by atoms with E-state index in [1.54, 1.807) is 13.1 Å². The van der Waals surface area contributed by atoms with Crippen molar-refractivity contribution in [3.05, 3.63) is 108 Å². The zero-order valence-electron chi connectivity index (χ0n) is 15.9. The number of rotatable bonds is 4. The van der Waals surface area contributed by atoms with Gasteiger partial charge in [0.25, 0.3) is 5.91 Å². The van der Waals surface area contributed by atoms with E-state index in [9.17, 15) is 13.6 Å². The molecule has 4 heteroatoms. The van der Waals surface area contributed by atoms with Crippen LogP contribution in [0, 0.1) is 11.6 Å². The monoisotopic (exact) mass is 387 g/mol. The van der Waals surface area contributed by atoms with Gasteiger partial charge in [0, 0.05) is 25.2 Å². The van der Waals surface area contributed by atoms with Gasteiger partial charge in [0.1, 0.15) is 11.6 Å². The van der Waals surface area contributed by atoms with E-state index in [-0.39, 0.29) is 12.5 Å². The minimum atomic E-state index is -0.656. The van der Waals surface area contributed by atoms with Crippen LogP contribution in [0.4, 0.5) is 8.78 Å². The third-order valence-corrected chi connectivity index (χ3v) is 4.93. The Balaban J connectivity index is 1.71. The Hall–Kier alpha value is -3.53. The Morgan fingerprint density at radius 2 is 1.41 bits per heavy atom. The minimum absolute atomic E-state index is 0.109. The molecule has 0 aliphatic heterocycles. The lowest BCUT2D eigenvalue weighted by molar-refractivity contribution is 0.0785. The van der Waals surface area contributed by atoms with Crippen LogP contribution in [0.1, 0.15) is 15.9 Å². The summed E-state index contributed by atoms with van der Waals surface area (Å²) in [6.07, 6.45) is 0. The van der Waals surface area contributed by atoms with Crippen molar-refractivity contribution >= 4 is 16.7 Å². The molecule has 144 valence electrons. The molecule has 0 saturated carbocycles. The zero-order valence-corrected chi connectivity index (χ0v) is 15.9. The number of nitrogens with zero attached hydrogens (tertiary/aromatic N) is 1. The summed E-state index contributed by atoms with van der Waals surface area (Å²) < 4.78 is 27.0. The van der Waals surface area contributed by atoms with Gasteiger partial charge in [0.2, 0.25) is 0 Å². The van der Waals surface area contributed by atoms with Crippen LogP contribution in [-0.2, 0) is 6.54 Å². The lowest BCUT2D eigenvalue weighted by atomic mass is 9.94. The number of benzene rings is 4. The first-order valence-corrected chi connectivity index (χ1v) is 9.30. The lowest BCUT2D eigenvalue weighted by Crippen LogP contribution is -2.26. The van der Waals surface area contributed by atoms with Gasteiger partial charge < -0.3 is 4.90 Å². The molecule has 0 radical (unpaired) electrons. The summed E-state index contributed by atoms with van der Waals surface area (Å²) in [5.74, 6) is -1.52. The highest BCUT2D eigenvalue weighted by Crippen LogP contribution is 2.31. The van der Waals surface area contributed by atoms with E-state index < -0.39 is 11.6 Å². The molecule has 0 fully saturated rings. The molecule has 0 aliphatic carbocycles. The van der Waals surface area contributed by atoms with Gasteiger partial charge in [-0.15, -0.1) is 0 Å². The van der Waals surface area contributed by atoms with Gasteiger partial charge in [-0.1, -0.05) is 60.7 Å². The molecule has 0 heterocycles. The van der Waals surface area contributed by atoms with Crippen LogP contribution in [0.25, 0.3) is 21.9 Å². The Morgan fingerprint density at radius 1 is 0.793 bits per heavy atom. The molecule has 4 rings (SSSR count). The fraction of sp³-hybridized carbons (Fsp3) is 0.0800. The average molecular weight is 387 g/mol. The third kappa shape index (κ3) is 3.87. The van der Waals surface area contributed by atoms with E-state index in [1.165, 1.54) is 17.0 Å². The highest BCUT2D eigenvalue weighted by Gasteiger charge is 2.18. The molecule has 4 aromatic carbocycles. The van der Waals surface area contributed by atoms with Crippen LogP contribution in [0.2, 0.25) is 0 Å². The van der Waals surface area contributed by atoms with Gasteiger partial charge in [0.15, 0.2) is 0 Å². The van der Waals surface area contributed by atoms with E-state index in [1.807, 2.05) is 60.7 Å². The Bertz CT molecular complexity index is 1180. The van der Waals surface area contributed by atoms with Gasteiger partial charge in [0.05, 0.1) is 0 Å². The molecule has 0 aromatic heterocycles. The Morgan fingerprint density at radius 3 is 2.21 bits per heavy atom. The maximum atomic E-state index is 13.5. The zero-order chi connectivity index (χ0) is 20.4. The molecular weight excluding hydrogens is 368 g/mol. The lowest BCUT2D eigenvalue weighted by Gasteiger charge is -2.20. The van der Waals surface area contributed by atoms with E-state index in [0.29, 0.717) is 11.1 Å². The van der Waals surface area contributed by atoms with E-state index >= 15 is 0 Å². The van der Waals surface area contributed by atoms with Crippen molar-refractivity contribution < 1.29 is 13.6 Å². The van der Waals surface area contributed by atoms with Crippen molar-refractivity contribution in [2.45, 2.75) is 6.54 Å². The molecule has 1 amide bonds. The molecule has 0 unspecified atom stereocenters. The number of hydrogen-bond donors (Lipinski definition) is 0. The van der Waals surface area contributed by atoms with Crippen LogP contribution in [0.5, 0.6) is 0 Å². The van der Waals surface area contributed by atoms with Crippen LogP contribution in [0.15, 0.2) is 84.9 Å². The van der Waals surface area contributed by atoms with Gasteiger partial charge in [-0.05, 0) is 45.7 Å². The number of carbonyl (C=O) groups excluding carboxylic acids is 1. The predicted octanol–water partition coefficient (Wildman–Crippen LogP) is 6.06. The van der Waals surface area contributed by atoms with Gasteiger partial charge >= 0.3 is 0 Å². The SMILES string of the molecule is CN(Cc1cc(F)cc(F)c1)C(=O)c1ccccc1-c1cccc2ccccc12. The summed E-state index contributed by atoms with van der Waals surface area (Å²) in [4.78, 5) is 14.7. The second kappa shape index (κ2) is 7.84. The predicted molar refractivity (Wildman–Crippen MR) is 112 cm³/mol. The summed E-state index contributed by atoms with van der Waals surface area (Å²) >= 11 is 0. The van der Waals surface area contributed by atoms with E-state index in [4.69, 9.17) is 0 Å². The summed E-state index contributed by atoms with van der Waals surface area (Å²) in [5, 5.41) is 2.15. The minimum Gasteiger partial charge on any atom is -0.337 e. The van der Waals surface area contributed by atoms with E-state index in [0.717, 1.165) is 28.0 Å². The van der Waals surface area contributed by atoms with Crippen molar-refractivity contribution in [3.63, 3.8) is 0 Å². The van der Waals surface area contributed by atoms with Gasteiger partial charge in [-0.3, -0.25) is 4.79 Å². The second-order valence-corrected chi connectivity index (χ2v) is 7.01. The smallest absolute Gasteiger partial charge is 0.254 e. The maximum absolute atomic E-state index is 13.5. The van der Waals surface area contributed by atoms with Crippen molar-refractivity contribution in [2.75, 3.05) is 7.05 Å². The van der Waals surface area contributed by atoms with Gasteiger partial charge in [-0.2, -0.15) is 0 Å². The summed E-state index contributed by atoms with van der Waals surface area (Å²) in [7, 11) is 1.63. The highest BCUT2D eigenvalue weighted by atomic mass is 19.1. The van der Waals surface area contributed by atoms with Crippen molar-refractivity contribution in [1.29, 1.82) is 0 Å². The normalized spacial score (nSPS) is 10.9. The molecule has 0 bridgehead atoms. The quantitative estimate of drug-likeness (QED) is 0.417. The van der Waals surface area contributed by atoms with Gasteiger partial charge in [-0.25, -0.2) is 8.78 Å². The first-order chi connectivity index (χ1) is 14.0. The molecule has 2 nitrogen and oxygen atoms in total. The largest absolute Gasteiger partial charge is 0.337 e. The molecule has 4 aromatic rings. The van der Waals surface area contributed by atoms with Crippen LogP contribution in [0.3, 0.4) is 0 Å². The molecule has 0 N–H and O–H groups in total. The van der Waals surface area contributed by atoms with Crippen molar-refractivity contribution in [2.24, 2.45) is 0 Å². The summed E-state index contributed by atoms with van der Waals surface area (Å²) in [5.41, 5.74) is 2.74. The molecule has 0 saturated heterocycles. The highest BCUT2D eigenvalue weighted by molar-refractivity contribution is 6.05. The Kier molecular flexibility index (Phi) is 5.09. The summed E-state index contributed by atoms with van der Waals surface area (Å²) in [6, 6.07) is 24.7. The van der Waals surface area contributed by atoms with Crippen LogP contribution >= 0.6 is 0 Å². The number of carbonyl (C=O) groups is 1. The Labute approximate surface area is 168 Å². The molecule has 29 heavy (non-hydrogen) atoms. The number of amides is 1. The van der Waals surface area contributed by atoms with Crippen LogP contribution in [-0.4, -0.2) is 17.9 Å². The standard InChI is InChI=1S/C25H19F2NO/c1-28(16-17-13-19(26)15-20(27)14-17)25(29)24-11-5-4-10-23(24)22-12-6-8-18-7-2-3-9-21(18)22/h2-15H,16H2,1H3. The molecule has 0 spiro atoms. The van der Waals surface area contributed by atoms with Crippen LogP contribution < -0.4 is 0 Å². The fourth-order valence-electron chi connectivity index (χ4n) is 3.62. The summed E-state index contributed by atoms with van der Waals surface area (Å²) in [6.45, 7) is 0.109. The number of hydrogen-bond acceptors (Lipinski definition) is 1. The average Bonchev–Trinajstić information content (AvgIpc) is 2.72. The van der Waals surface area contributed by atoms with Crippen molar-refractivity contribution in [1.82, 2.24) is 4.90 Å². The molecular formula is C25H19F2NO. The number of fused-ring (bicyclic) bond motifs is 1. The van der Waals surface area contributed by atoms with E-state index in [2.05, 4.69) is 0 Å². The first-order valence-electron chi connectivity index (χ1n) is 9.30. The molecule has 0 aliphatic rings. The second-order valence-electron chi connectivity index (χ2n) is 7.01. The fourth-order valence-corrected chi connectivity index (χ4v) is 3.62. The first kappa shape index (κ1) is 18.8. The third-order valence-electron chi connectivity index (χ3n) is 4.93. The van der Waals surface area contributed by atoms with Crippen molar-refractivity contribution in [3.8, 4) is 11.1 Å². The molecule has 0 atom stereocenters. The number of halogens is 2. The maximum Gasteiger partial charge on any atom is 0.254 e. The topological polar surface area (TPSA) is 20.3 Å².